The number of hydrogen-bond donors (Lipinski definition) is 1. The molecule has 0 aliphatic heterocycles. The highest BCUT2D eigenvalue weighted by atomic mass is 35.5. The summed E-state index contributed by atoms with van der Waals surface area (Å²) in [6.07, 6.45) is 0. The van der Waals surface area contributed by atoms with Gasteiger partial charge in [-0.15, -0.1) is 0 Å². The summed E-state index contributed by atoms with van der Waals surface area (Å²) in [4.78, 5) is 32.3. The molecule has 1 aromatic heterocycles. The van der Waals surface area contributed by atoms with Crippen LogP contribution in [0.15, 0.2) is 76.7 Å². The Bertz CT molecular complexity index is 1250. The first-order valence-electron chi connectivity index (χ1n) is 9.03. The molecule has 0 radical (unpaired) electrons. The van der Waals surface area contributed by atoms with E-state index in [-0.39, 0.29) is 11.3 Å². The Morgan fingerprint density at radius 2 is 1.66 bits per heavy atom. The van der Waals surface area contributed by atoms with Crippen LogP contribution in [0.2, 0.25) is 5.02 Å². The number of ketones is 1. The van der Waals surface area contributed by atoms with Gasteiger partial charge in [-0.3, -0.25) is 9.59 Å². The normalized spacial score (nSPS) is 11.0. The second-order valence-electron chi connectivity index (χ2n) is 6.66. The van der Waals surface area contributed by atoms with E-state index in [0.29, 0.717) is 38.0 Å². The number of fused-ring (bicyclic) bond motifs is 1. The van der Waals surface area contributed by atoms with Gasteiger partial charge in [0.2, 0.25) is 0 Å². The first-order chi connectivity index (χ1) is 14.0. The van der Waals surface area contributed by atoms with Crippen LogP contribution >= 0.6 is 23.4 Å². The lowest BCUT2D eigenvalue weighted by atomic mass is 10.0. The summed E-state index contributed by atoms with van der Waals surface area (Å²) in [6, 6.07) is 20.0. The molecular weight excluding hydrogens is 404 g/mol. The number of carbonyl (C=O) groups excluding carboxylic acids is 1. The summed E-state index contributed by atoms with van der Waals surface area (Å²) in [6.45, 7) is 1.90. The molecule has 1 heterocycles. The minimum absolute atomic E-state index is 0.0447. The van der Waals surface area contributed by atoms with E-state index < -0.39 is 0 Å². The van der Waals surface area contributed by atoms with Crippen LogP contribution < -0.4 is 5.56 Å². The fraction of sp³-hybridized carbons (Fsp3) is 0.0870. The second-order valence-corrected chi connectivity index (χ2v) is 8.06. The van der Waals surface area contributed by atoms with Crippen molar-refractivity contribution in [3.63, 3.8) is 0 Å². The van der Waals surface area contributed by atoms with Crippen molar-refractivity contribution in [3.8, 4) is 0 Å². The molecule has 1 N–H and O–H groups in total. The Balaban J connectivity index is 1.48. The molecule has 0 fully saturated rings. The van der Waals surface area contributed by atoms with E-state index in [4.69, 9.17) is 11.6 Å². The van der Waals surface area contributed by atoms with Crippen LogP contribution in [0.5, 0.6) is 0 Å². The zero-order valence-electron chi connectivity index (χ0n) is 15.6. The molecule has 0 aliphatic rings. The summed E-state index contributed by atoms with van der Waals surface area (Å²) in [5, 5.41) is 1.81. The van der Waals surface area contributed by atoms with Gasteiger partial charge in [-0.25, -0.2) is 4.98 Å². The third-order valence-corrected chi connectivity index (χ3v) is 5.81. The van der Waals surface area contributed by atoms with E-state index in [2.05, 4.69) is 9.97 Å². The van der Waals surface area contributed by atoms with E-state index in [9.17, 15) is 9.59 Å². The van der Waals surface area contributed by atoms with Crippen LogP contribution in [0.3, 0.4) is 0 Å². The fourth-order valence-electron chi connectivity index (χ4n) is 3.08. The third kappa shape index (κ3) is 4.26. The molecule has 0 spiro atoms. The molecule has 4 aromatic rings. The number of halogens is 1. The highest BCUT2D eigenvalue weighted by Gasteiger charge is 2.10. The number of aromatic nitrogens is 2. The number of nitrogens with zero attached hydrogens (tertiary/aromatic N) is 1. The van der Waals surface area contributed by atoms with E-state index in [1.165, 1.54) is 11.8 Å². The van der Waals surface area contributed by atoms with E-state index in [1.54, 1.807) is 24.3 Å². The van der Waals surface area contributed by atoms with Crippen LogP contribution in [0, 0.1) is 6.92 Å². The summed E-state index contributed by atoms with van der Waals surface area (Å²) in [7, 11) is 0. The Morgan fingerprint density at radius 1 is 1.00 bits per heavy atom. The SMILES string of the molecule is Cc1cccc2nc(SCc3ccc(C(=O)c4ccc(Cl)cc4)cc3)[nH]c(=O)c12. The summed E-state index contributed by atoms with van der Waals surface area (Å²) in [5.74, 6) is 0.590. The highest BCUT2D eigenvalue weighted by molar-refractivity contribution is 7.98. The van der Waals surface area contributed by atoms with Gasteiger partial charge in [0, 0.05) is 21.9 Å². The minimum atomic E-state index is -0.125. The van der Waals surface area contributed by atoms with Crippen LogP contribution in [-0.2, 0) is 5.75 Å². The standard InChI is InChI=1S/C23H17ClN2O2S/c1-14-3-2-4-19-20(14)22(28)26-23(25-19)29-13-15-5-7-16(8-6-15)21(27)17-9-11-18(24)12-10-17/h2-12H,13H2,1H3,(H,25,26,28). The summed E-state index contributed by atoms with van der Waals surface area (Å²) < 4.78 is 0. The monoisotopic (exact) mass is 420 g/mol. The van der Waals surface area contributed by atoms with Gasteiger partial charge in [-0.1, -0.05) is 59.8 Å². The van der Waals surface area contributed by atoms with Gasteiger partial charge in [0.25, 0.3) is 5.56 Å². The first-order valence-corrected chi connectivity index (χ1v) is 10.4. The second kappa shape index (κ2) is 8.23. The van der Waals surface area contributed by atoms with Gasteiger partial charge in [0.15, 0.2) is 10.9 Å². The number of aryl methyl sites for hydroxylation is 1. The number of H-pyrrole nitrogens is 1. The molecule has 144 valence electrons. The summed E-state index contributed by atoms with van der Waals surface area (Å²) in [5.41, 5.74) is 3.74. The number of nitrogens with one attached hydrogen (secondary N) is 1. The molecule has 6 heteroatoms. The number of carbonyl (C=O) groups is 1. The van der Waals surface area contributed by atoms with Gasteiger partial charge in [0.05, 0.1) is 10.9 Å². The average Bonchev–Trinajstić information content (AvgIpc) is 2.72. The number of rotatable bonds is 5. The molecule has 29 heavy (non-hydrogen) atoms. The molecular formula is C23H17ClN2O2S. The molecule has 0 saturated carbocycles. The quantitative estimate of drug-likeness (QED) is 0.266. The molecule has 0 aliphatic carbocycles. The van der Waals surface area contributed by atoms with E-state index >= 15 is 0 Å². The number of benzene rings is 3. The van der Waals surface area contributed by atoms with Crippen molar-refractivity contribution in [2.45, 2.75) is 17.8 Å². The number of hydrogen-bond acceptors (Lipinski definition) is 4. The Morgan fingerprint density at radius 3 is 2.34 bits per heavy atom. The summed E-state index contributed by atoms with van der Waals surface area (Å²) >= 11 is 7.33. The van der Waals surface area contributed by atoms with Gasteiger partial charge in [-0.05, 0) is 48.4 Å². The molecule has 0 atom stereocenters. The largest absolute Gasteiger partial charge is 0.301 e. The van der Waals surface area contributed by atoms with Gasteiger partial charge in [0.1, 0.15) is 0 Å². The van der Waals surface area contributed by atoms with Crippen molar-refractivity contribution in [2.24, 2.45) is 0 Å². The Kier molecular flexibility index (Phi) is 5.51. The van der Waals surface area contributed by atoms with Gasteiger partial charge in [-0.2, -0.15) is 0 Å². The molecule has 4 rings (SSSR count). The molecule has 0 saturated heterocycles. The topological polar surface area (TPSA) is 62.8 Å². The molecule has 0 amide bonds. The molecule has 0 unspecified atom stereocenters. The predicted molar refractivity (Wildman–Crippen MR) is 118 cm³/mol. The zero-order chi connectivity index (χ0) is 20.4. The van der Waals surface area contributed by atoms with Gasteiger partial charge >= 0.3 is 0 Å². The number of thioether (sulfide) groups is 1. The molecule has 3 aromatic carbocycles. The fourth-order valence-corrected chi connectivity index (χ4v) is 4.03. The minimum Gasteiger partial charge on any atom is -0.301 e. The lowest BCUT2D eigenvalue weighted by molar-refractivity contribution is 0.103. The van der Waals surface area contributed by atoms with Crippen LogP contribution in [0.1, 0.15) is 27.0 Å². The molecule has 4 nitrogen and oxygen atoms in total. The van der Waals surface area contributed by atoms with E-state index in [1.807, 2.05) is 49.4 Å². The number of aromatic amines is 1. The van der Waals surface area contributed by atoms with E-state index in [0.717, 1.165) is 11.1 Å². The third-order valence-electron chi connectivity index (χ3n) is 4.62. The van der Waals surface area contributed by atoms with Crippen LogP contribution in [0.25, 0.3) is 10.9 Å². The maximum Gasteiger partial charge on any atom is 0.259 e. The van der Waals surface area contributed by atoms with Crippen molar-refractivity contribution in [2.75, 3.05) is 0 Å². The molecule has 0 bridgehead atoms. The van der Waals surface area contributed by atoms with Crippen LogP contribution in [-0.4, -0.2) is 15.8 Å². The predicted octanol–water partition coefficient (Wildman–Crippen LogP) is 5.41. The first kappa shape index (κ1) is 19.4. The highest BCUT2D eigenvalue weighted by Crippen LogP contribution is 2.22. The van der Waals surface area contributed by atoms with Crippen molar-refractivity contribution in [1.29, 1.82) is 0 Å². The maximum atomic E-state index is 12.5. The zero-order valence-corrected chi connectivity index (χ0v) is 17.2. The van der Waals surface area contributed by atoms with Crippen molar-refractivity contribution in [1.82, 2.24) is 9.97 Å². The Hall–Kier alpha value is -2.89. The van der Waals surface area contributed by atoms with Gasteiger partial charge < -0.3 is 4.98 Å². The lowest BCUT2D eigenvalue weighted by Gasteiger charge is -2.06. The lowest BCUT2D eigenvalue weighted by Crippen LogP contribution is -2.10. The Labute approximate surface area is 177 Å². The average molecular weight is 421 g/mol. The van der Waals surface area contributed by atoms with Crippen molar-refractivity contribution >= 4 is 40.0 Å². The maximum absolute atomic E-state index is 12.5. The smallest absolute Gasteiger partial charge is 0.259 e. The van der Waals surface area contributed by atoms with Crippen molar-refractivity contribution < 1.29 is 4.79 Å². The van der Waals surface area contributed by atoms with Crippen molar-refractivity contribution in [3.05, 3.63) is 104 Å². The van der Waals surface area contributed by atoms with Crippen LogP contribution in [0.4, 0.5) is 0 Å².